The van der Waals surface area contributed by atoms with E-state index in [1.54, 1.807) is 23.4 Å². The fraction of sp³-hybridized carbons (Fsp3) is 0. The Bertz CT molecular complexity index is 232. The number of hydrogen-bond donors (Lipinski definition) is 0. The second-order valence-electron chi connectivity index (χ2n) is 1.55. The lowest BCUT2D eigenvalue weighted by Gasteiger charge is -1.72. The molecule has 40 valence electrons. The third-order valence-electron chi connectivity index (χ3n) is 1.05. The van der Waals surface area contributed by atoms with Crippen molar-refractivity contribution in [3.05, 3.63) is 24.9 Å². The molecule has 2 aromatic heterocycles. The van der Waals surface area contributed by atoms with Crippen molar-refractivity contribution >= 4 is 5.52 Å². The van der Waals surface area contributed by atoms with Crippen LogP contribution < -0.4 is 0 Å². The molecule has 3 nitrogen and oxygen atoms in total. The first-order chi connectivity index (χ1) is 3.97. The molecule has 0 aliphatic carbocycles. The average molecular weight is 108 g/mol. The van der Waals surface area contributed by atoms with Crippen LogP contribution in [-0.2, 0) is 0 Å². The van der Waals surface area contributed by atoms with Crippen LogP contribution in [0.5, 0.6) is 0 Å². The summed E-state index contributed by atoms with van der Waals surface area (Å²) in [6.45, 7) is 0. The van der Waals surface area contributed by atoms with Gasteiger partial charge in [0.25, 0.3) is 0 Å². The predicted molar refractivity (Wildman–Crippen MR) is 27.5 cm³/mol. The van der Waals surface area contributed by atoms with Crippen LogP contribution in [0.1, 0.15) is 0 Å². The van der Waals surface area contributed by atoms with Gasteiger partial charge in [-0.2, -0.15) is 4.57 Å². The first kappa shape index (κ1) is 3.72. The van der Waals surface area contributed by atoms with E-state index in [2.05, 4.69) is 4.98 Å². The van der Waals surface area contributed by atoms with Crippen molar-refractivity contribution in [3.63, 3.8) is 0 Å². The lowest BCUT2D eigenvalue weighted by atomic mass is 10.6. The normalized spacial score (nSPS) is 10.5. The number of imidazole rings is 1. The molecule has 2 aromatic rings. The van der Waals surface area contributed by atoms with E-state index in [-0.39, 0.29) is 0 Å². The summed E-state index contributed by atoms with van der Waals surface area (Å²) in [6.07, 6.45) is 4.98. The quantitative estimate of drug-likeness (QED) is 0.502. The largest absolute Gasteiger partial charge is 0.381 e. The SMILES string of the molecule is c1cc2cncn2o1. The molecule has 0 fully saturated rings. The van der Waals surface area contributed by atoms with Crippen molar-refractivity contribution < 1.29 is 4.52 Å². The maximum Gasteiger partial charge on any atom is 0.133 e. The second-order valence-corrected chi connectivity index (χ2v) is 1.55. The summed E-state index contributed by atoms with van der Waals surface area (Å²) in [7, 11) is 0. The Morgan fingerprint density at radius 3 is 3.50 bits per heavy atom. The van der Waals surface area contributed by atoms with E-state index in [1.165, 1.54) is 0 Å². The van der Waals surface area contributed by atoms with Gasteiger partial charge in [-0.25, -0.2) is 4.98 Å². The molecule has 8 heavy (non-hydrogen) atoms. The molecule has 2 rings (SSSR count). The zero-order valence-corrected chi connectivity index (χ0v) is 4.11. The number of aromatic nitrogens is 2. The minimum atomic E-state index is 0.991. The van der Waals surface area contributed by atoms with Crippen LogP contribution >= 0.6 is 0 Å². The molecule has 0 atom stereocenters. The van der Waals surface area contributed by atoms with Gasteiger partial charge >= 0.3 is 0 Å². The minimum absolute atomic E-state index is 0.991. The standard InChI is InChI=1S/C5H4N2O/c1-2-8-7-4-6-3-5(1)7/h1-4H. The van der Waals surface area contributed by atoms with E-state index in [0.717, 1.165) is 5.52 Å². The zero-order valence-electron chi connectivity index (χ0n) is 4.11. The summed E-state index contributed by atoms with van der Waals surface area (Å²) in [5, 5.41) is 0. The third-order valence-corrected chi connectivity index (χ3v) is 1.05. The highest BCUT2D eigenvalue weighted by Crippen LogP contribution is 1.99. The molecular formula is C5H4N2O. The molecule has 0 N–H and O–H groups in total. The van der Waals surface area contributed by atoms with Gasteiger partial charge in [-0.3, -0.25) is 0 Å². The fourth-order valence-corrected chi connectivity index (χ4v) is 0.664. The van der Waals surface area contributed by atoms with E-state index in [9.17, 15) is 0 Å². The van der Waals surface area contributed by atoms with E-state index >= 15 is 0 Å². The zero-order chi connectivity index (χ0) is 5.40. The summed E-state index contributed by atoms with van der Waals surface area (Å²) >= 11 is 0. The van der Waals surface area contributed by atoms with Gasteiger partial charge in [-0.15, -0.1) is 0 Å². The lowest BCUT2D eigenvalue weighted by molar-refractivity contribution is 0.375. The molecule has 3 heteroatoms. The molecule has 0 spiro atoms. The van der Waals surface area contributed by atoms with Gasteiger partial charge in [0.2, 0.25) is 0 Å². The molecule has 0 bridgehead atoms. The van der Waals surface area contributed by atoms with Gasteiger partial charge in [0.1, 0.15) is 18.1 Å². The topological polar surface area (TPSA) is 30.4 Å². The van der Waals surface area contributed by atoms with Gasteiger partial charge in [0.05, 0.1) is 6.20 Å². The van der Waals surface area contributed by atoms with Crippen LogP contribution in [0.2, 0.25) is 0 Å². The number of hydrogen-bond acceptors (Lipinski definition) is 2. The highest BCUT2D eigenvalue weighted by molar-refractivity contribution is 5.40. The lowest BCUT2D eigenvalue weighted by Crippen LogP contribution is -1.66. The van der Waals surface area contributed by atoms with Gasteiger partial charge in [-0.1, -0.05) is 0 Å². The minimum Gasteiger partial charge on any atom is -0.381 e. The number of nitrogens with zero attached hydrogens (tertiary/aromatic N) is 2. The van der Waals surface area contributed by atoms with Crippen molar-refractivity contribution in [1.82, 2.24) is 9.56 Å². The Kier molecular flexibility index (Phi) is 0.521. The average Bonchev–Trinajstić information content (AvgIpc) is 2.15. The molecule has 0 aromatic carbocycles. The first-order valence-corrected chi connectivity index (χ1v) is 2.33. The fourth-order valence-electron chi connectivity index (χ4n) is 0.664. The van der Waals surface area contributed by atoms with Crippen LogP contribution in [0.3, 0.4) is 0 Å². The molecule has 2 heterocycles. The van der Waals surface area contributed by atoms with Crippen LogP contribution in [0.4, 0.5) is 0 Å². The van der Waals surface area contributed by atoms with Gasteiger partial charge in [0.15, 0.2) is 0 Å². The van der Waals surface area contributed by atoms with E-state index in [1.807, 2.05) is 6.07 Å². The Morgan fingerprint density at radius 2 is 2.62 bits per heavy atom. The van der Waals surface area contributed by atoms with Gasteiger partial charge in [0, 0.05) is 6.07 Å². The van der Waals surface area contributed by atoms with E-state index in [0.29, 0.717) is 0 Å². The molecule has 0 radical (unpaired) electrons. The Morgan fingerprint density at radius 1 is 1.62 bits per heavy atom. The Balaban J connectivity index is 3.06. The molecule has 0 saturated carbocycles. The number of rotatable bonds is 0. The second kappa shape index (κ2) is 1.12. The maximum absolute atomic E-state index is 4.91. The van der Waals surface area contributed by atoms with Crippen LogP contribution in [0, 0.1) is 0 Å². The van der Waals surface area contributed by atoms with E-state index < -0.39 is 0 Å². The molecule has 0 amide bonds. The summed E-state index contributed by atoms with van der Waals surface area (Å²) in [4.78, 5) is 3.83. The maximum atomic E-state index is 4.91. The third kappa shape index (κ3) is 0.307. The Hall–Kier alpha value is -1.25. The van der Waals surface area contributed by atoms with Crippen LogP contribution in [-0.4, -0.2) is 9.56 Å². The van der Waals surface area contributed by atoms with Crippen LogP contribution in [0.15, 0.2) is 29.4 Å². The van der Waals surface area contributed by atoms with Gasteiger partial charge in [-0.05, 0) is 0 Å². The highest BCUT2D eigenvalue weighted by atomic mass is 16.5. The van der Waals surface area contributed by atoms with Crippen molar-refractivity contribution in [3.8, 4) is 0 Å². The summed E-state index contributed by atoms with van der Waals surface area (Å²) < 4.78 is 6.51. The molecule has 0 unspecified atom stereocenters. The first-order valence-electron chi connectivity index (χ1n) is 2.33. The summed E-state index contributed by atoms with van der Waals surface area (Å²) in [6, 6.07) is 1.85. The monoisotopic (exact) mass is 108 g/mol. The smallest absolute Gasteiger partial charge is 0.133 e. The predicted octanol–water partition coefficient (Wildman–Crippen LogP) is 0.927. The Labute approximate surface area is 45.5 Å². The molecule has 0 saturated heterocycles. The summed E-state index contributed by atoms with van der Waals surface area (Å²) in [5.74, 6) is 0. The van der Waals surface area contributed by atoms with Crippen molar-refractivity contribution in [2.45, 2.75) is 0 Å². The van der Waals surface area contributed by atoms with Crippen molar-refractivity contribution in [2.24, 2.45) is 0 Å². The molecule has 0 aliphatic heterocycles. The van der Waals surface area contributed by atoms with Crippen LogP contribution in [0.25, 0.3) is 5.52 Å². The van der Waals surface area contributed by atoms with Crippen molar-refractivity contribution in [1.29, 1.82) is 0 Å². The highest BCUT2D eigenvalue weighted by Gasteiger charge is 1.89. The number of fused-ring (bicyclic) bond motifs is 1. The van der Waals surface area contributed by atoms with E-state index in [4.69, 9.17) is 4.52 Å². The molecule has 0 aliphatic rings. The summed E-state index contributed by atoms with van der Waals surface area (Å²) in [5.41, 5.74) is 0.991. The van der Waals surface area contributed by atoms with Gasteiger partial charge < -0.3 is 4.52 Å². The van der Waals surface area contributed by atoms with Crippen molar-refractivity contribution in [2.75, 3.05) is 0 Å². The molecular weight excluding hydrogens is 104 g/mol.